The largest absolute Gasteiger partial charge is 0.354 e. The lowest BCUT2D eigenvalue weighted by Gasteiger charge is -2.25. The molecule has 1 fully saturated rings. The number of aryl methyl sites for hydroxylation is 1. The number of hydrogen-bond acceptors (Lipinski definition) is 4. The van der Waals surface area contributed by atoms with Gasteiger partial charge in [-0.2, -0.15) is 4.31 Å². The maximum Gasteiger partial charge on any atom is 0.251 e. The van der Waals surface area contributed by atoms with Crippen molar-refractivity contribution in [3.8, 4) is 0 Å². The van der Waals surface area contributed by atoms with Crippen LogP contribution in [0.15, 0.2) is 59.5 Å². The van der Waals surface area contributed by atoms with Crippen LogP contribution in [-0.2, 0) is 21.2 Å². The van der Waals surface area contributed by atoms with Crippen molar-refractivity contribution >= 4 is 21.8 Å². The highest BCUT2D eigenvalue weighted by Crippen LogP contribution is 2.17. The summed E-state index contributed by atoms with van der Waals surface area (Å²) in [5.74, 6) is -0.563. The topological polar surface area (TPSA) is 95.6 Å². The second kappa shape index (κ2) is 9.19. The van der Waals surface area contributed by atoms with Crippen molar-refractivity contribution in [1.82, 2.24) is 14.9 Å². The van der Waals surface area contributed by atoms with E-state index in [4.69, 9.17) is 0 Å². The second-order valence-corrected chi connectivity index (χ2v) is 9.05. The summed E-state index contributed by atoms with van der Waals surface area (Å²) in [7, 11) is -3.76. The predicted molar refractivity (Wildman–Crippen MR) is 110 cm³/mol. The Morgan fingerprint density at radius 2 is 1.83 bits per heavy atom. The smallest absolute Gasteiger partial charge is 0.251 e. The number of benzene rings is 2. The fourth-order valence-corrected chi connectivity index (χ4v) is 4.55. The van der Waals surface area contributed by atoms with Gasteiger partial charge in [-0.1, -0.05) is 30.3 Å². The summed E-state index contributed by atoms with van der Waals surface area (Å²) in [5.41, 5.74) is 1.61. The van der Waals surface area contributed by atoms with Gasteiger partial charge in [0, 0.05) is 24.7 Å². The van der Waals surface area contributed by atoms with E-state index in [1.54, 1.807) is 0 Å². The molecule has 1 saturated heterocycles. The number of hydrogen-bond donors (Lipinski definition) is 2. The summed E-state index contributed by atoms with van der Waals surface area (Å²) < 4.78 is 26.5. The third kappa shape index (κ3) is 5.42. The molecule has 2 aromatic rings. The molecule has 0 bridgehead atoms. The zero-order valence-corrected chi connectivity index (χ0v) is 17.1. The molecular formula is C21H25N3O4S. The summed E-state index contributed by atoms with van der Waals surface area (Å²) in [5, 5.41) is 5.54. The zero-order chi connectivity index (χ0) is 20.9. The molecule has 0 spiro atoms. The highest BCUT2D eigenvalue weighted by molar-refractivity contribution is 7.89. The molecule has 2 N–H and O–H groups in total. The fourth-order valence-electron chi connectivity index (χ4n) is 3.15. The summed E-state index contributed by atoms with van der Waals surface area (Å²) in [6.45, 7) is 2.28. The van der Waals surface area contributed by atoms with Crippen molar-refractivity contribution in [2.75, 3.05) is 19.6 Å². The van der Waals surface area contributed by atoms with Gasteiger partial charge in [-0.05, 0) is 49.6 Å². The normalized spacial score (nSPS) is 16.1. The molecule has 3 rings (SSSR count). The molecule has 7 nitrogen and oxygen atoms in total. The molecule has 1 atom stereocenters. The monoisotopic (exact) mass is 415 g/mol. The van der Waals surface area contributed by atoms with Crippen LogP contribution in [0.3, 0.4) is 0 Å². The van der Waals surface area contributed by atoms with Crippen LogP contribution in [-0.4, -0.2) is 50.2 Å². The van der Waals surface area contributed by atoms with Crippen LogP contribution in [0.4, 0.5) is 0 Å². The molecule has 0 aliphatic carbocycles. The Hall–Kier alpha value is -2.71. The van der Waals surface area contributed by atoms with Crippen molar-refractivity contribution in [3.63, 3.8) is 0 Å². The summed E-state index contributed by atoms with van der Waals surface area (Å²) >= 11 is 0. The van der Waals surface area contributed by atoms with Crippen LogP contribution in [0.5, 0.6) is 0 Å². The summed E-state index contributed by atoms with van der Waals surface area (Å²) in [4.78, 5) is 24.0. The van der Waals surface area contributed by atoms with E-state index in [9.17, 15) is 18.0 Å². The molecule has 2 amide bonds. The van der Waals surface area contributed by atoms with Gasteiger partial charge in [-0.3, -0.25) is 9.59 Å². The Bertz CT molecular complexity index is 959. The first kappa shape index (κ1) is 21.0. The van der Waals surface area contributed by atoms with Gasteiger partial charge in [0.25, 0.3) is 5.91 Å². The average molecular weight is 416 g/mol. The van der Waals surface area contributed by atoms with E-state index in [-0.39, 0.29) is 35.8 Å². The first-order valence-corrected chi connectivity index (χ1v) is 11.0. The Labute approximate surface area is 171 Å². The Kier molecular flexibility index (Phi) is 6.66. The van der Waals surface area contributed by atoms with Crippen molar-refractivity contribution in [1.29, 1.82) is 0 Å². The number of amides is 2. The number of rotatable bonds is 7. The molecule has 1 heterocycles. The van der Waals surface area contributed by atoms with Crippen LogP contribution in [0.2, 0.25) is 0 Å². The molecule has 2 aromatic carbocycles. The molecule has 154 valence electrons. The Morgan fingerprint density at radius 3 is 2.48 bits per heavy atom. The lowest BCUT2D eigenvalue weighted by atomic mass is 10.1. The number of piperazine rings is 1. The van der Waals surface area contributed by atoms with E-state index < -0.39 is 10.0 Å². The lowest BCUT2D eigenvalue weighted by Crippen LogP contribution is -2.49. The van der Waals surface area contributed by atoms with Gasteiger partial charge >= 0.3 is 0 Å². The molecule has 1 aliphatic heterocycles. The van der Waals surface area contributed by atoms with Crippen LogP contribution in [0, 0.1) is 0 Å². The zero-order valence-electron chi connectivity index (χ0n) is 16.3. The van der Waals surface area contributed by atoms with Gasteiger partial charge in [-0.25, -0.2) is 8.42 Å². The van der Waals surface area contributed by atoms with Crippen LogP contribution in [0.1, 0.15) is 29.3 Å². The second-order valence-electron chi connectivity index (χ2n) is 7.11. The fraction of sp³-hybridized carbons (Fsp3) is 0.333. The first-order valence-electron chi connectivity index (χ1n) is 9.58. The maximum absolute atomic E-state index is 12.7. The Morgan fingerprint density at radius 1 is 1.14 bits per heavy atom. The molecule has 29 heavy (non-hydrogen) atoms. The van der Waals surface area contributed by atoms with E-state index in [1.165, 1.54) is 29.8 Å². The van der Waals surface area contributed by atoms with E-state index >= 15 is 0 Å². The minimum Gasteiger partial charge on any atom is -0.354 e. The molecular weight excluding hydrogens is 390 g/mol. The lowest BCUT2D eigenvalue weighted by molar-refractivity contribution is -0.122. The van der Waals surface area contributed by atoms with Crippen molar-refractivity contribution in [3.05, 3.63) is 65.7 Å². The summed E-state index contributed by atoms with van der Waals surface area (Å²) in [6.07, 6.45) is 1.67. The van der Waals surface area contributed by atoms with Crippen molar-refractivity contribution < 1.29 is 18.0 Å². The third-order valence-electron chi connectivity index (χ3n) is 4.84. The Balaban J connectivity index is 1.59. The standard InChI is InChI=1S/C21H25N3O4S/c1-16(7-8-17-5-3-2-4-6-17)23-21(26)18-9-11-19(12-10-18)29(27,28)24-14-13-22-20(25)15-24/h2-6,9-12,16H,7-8,13-15H2,1H3,(H,22,25)(H,23,26). The number of carbonyl (C=O) groups excluding carboxylic acids is 2. The van der Waals surface area contributed by atoms with Crippen LogP contribution < -0.4 is 10.6 Å². The van der Waals surface area contributed by atoms with Crippen LogP contribution >= 0.6 is 0 Å². The van der Waals surface area contributed by atoms with Gasteiger partial charge in [0.15, 0.2) is 0 Å². The van der Waals surface area contributed by atoms with Gasteiger partial charge in [-0.15, -0.1) is 0 Å². The molecule has 8 heteroatoms. The van der Waals surface area contributed by atoms with Gasteiger partial charge in [0.1, 0.15) is 0 Å². The van der Waals surface area contributed by atoms with Gasteiger partial charge < -0.3 is 10.6 Å². The van der Waals surface area contributed by atoms with E-state index in [0.717, 1.165) is 17.1 Å². The number of nitrogens with one attached hydrogen (secondary N) is 2. The molecule has 0 aromatic heterocycles. The number of nitrogens with zero attached hydrogens (tertiary/aromatic N) is 1. The SMILES string of the molecule is CC(CCc1ccccc1)NC(=O)c1ccc(S(=O)(=O)N2CCNC(=O)C2)cc1. The first-order chi connectivity index (χ1) is 13.9. The van der Waals surface area contributed by atoms with Crippen molar-refractivity contribution in [2.45, 2.75) is 30.7 Å². The average Bonchev–Trinajstić information content (AvgIpc) is 2.73. The van der Waals surface area contributed by atoms with Gasteiger partial charge in [0.2, 0.25) is 15.9 Å². The highest BCUT2D eigenvalue weighted by Gasteiger charge is 2.29. The highest BCUT2D eigenvalue weighted by atomic mass is 32.2. The number of carbonyl (C=O) groups is 2. The minimum atomic E-state index is -3.76. The minimum absolute atomic E-state index is 0.0158. The molecule has 1 aliphatic rings. The summed E-state index contributed by atoms with van der Waals surface area (Å²) in [6, 6.07) is 15.9. The quantitative estimate of drug-likeness (QED) is 0.717. The molecule has 0 radical (unpaired) electrons. The molecule has 1 unspecified atom stereocenters. The van der Waals surface area contributed by atoms with E-state index in [1.807, 2.05) is 25.1 Å². The van der Waals surface area contributed by atoms with E-state index in [2.05, 4.69) is 22.8 Å². The van der Waals surface area contributed by atoms with Crippen LogP contribution in [0.25, 0.3) is 0 Å². The predicted octanol–water partition coefficient (Wildman–Crippen LogP) is 1.56. The third-order valence-corrected chi connectivity index (χ3v) is 6.70. The maximum atomic E-state index is 12.7. The van der Waals surface area contributed by atoms with E-state index in [0.29, 0.717) is 12.1 Å². The number of sulfonamides is 1. The van der Waals surface area contributed by atoms with Crippen molar-refractivity contribution in [2.24, 2.45) is 0 Å². The van der Waals surface area contributed by atoms with Gasteiger partial charge in [0.05, 0.1) is 11.4 Å². The molecule has 0 saturated carbocycles.